The van der Waals surface area contributed by atoms with Gasteiger partial charge >= 0.3 is 0 Å². The molecule has 1 aromatic carbocycles. The van der Waals surface area contributed by atoms with Crippen LogP contribution in [0.15, 0.2) is 12.1 Å². The fraction of sp³-hybridized carbons (Fsp3) is 0.300. The van der Waals surface area contributed by atoms with Gasteiger partial charge in [0.2, 0.25) is 0 Å². The van der Waals surface area contributed by atoms with Crippen molar-refractivity contribution in [3.63, 3.8) is 0 Å². The number of nitriles is 1. The molecule has 1 aromatic rings. The van der Waals surface area contributed by atoms with Gasteiger partial charge in [-0.25, -0.2) is 0 Å². The topological polar surface area (TPSA) is 45.5 Å². The maximum atomic E-state index is 8.80. The predicted octanol–water partition coefficient (Wildman–Crippen LogP) is 2.29. The van der Waals surface area contributed by atoms with Crippen LogP contribution in [-0.2, 0) is 4.74 Å². The summed E-state index contributed by atoms with van der Waals surface area (Å²) in [6.45, 7) is 0.689. The quantitative estimate of drug-likeness (QED) is 0.702. The van der Waals surface area contributed by atoms with Gasteiger partial charge in [-0.05, 0) is 12.1 Å². The summed E-state index contributed by atoms with van der Waals surface area (Å²) in [5, 5.41) is 9.36. The first-order valence-electron chi connectivity index (χ1n) is 4.15. The fourth-order valence-corrected chi connectivity index (χ4v) is 1.59. The lowest BCUT2D eigenvalue weighted by Crippen LogP contribution is -1.92. The van der Waals surface area contributed by atoms with E-state index in [1.165, 1.54) is 7.11 Å². The van der Waals surface area contributed by atoms with Crippen molar-refractivity contribution in [1.82, 2.24) is 0 Å². The van der Waals surface area contributed by atoms with E-state index in [1.807, 2.05) is 6.07 Å². The summed E-state index contributed by atoms with van der Waals surface area (Å²) in [6, 6.07) is 5.39. The van der Waals surface area contributed by atoms with Gasteiger partial charge in [-0.2, -0.15) is 5.26 Å². The average molecular weight is 210 g/mol. The van der Waals surface area contributed by atoms with E-state index >= 15 is 0 Å². The fourth-order valence-electron chi connectivity index (χ4n) is 1.30. The van der Waals surface area contributed by atoms with Crippen molar-refractivity contribution in [3.05, 3.63) is 28.3 Å². The van der Waals surface area contributed by atoms with Crippen LogP contribution in [0.1, 0.15) is 17.2 Å². The predicted molar refractivity (Wildman–Crippen MR) is 51.4 cm³/mol. The number of ether oxygens (including phenoxy) is 2. The second kappa shape index (κ2) is 3.49. The van der Waals surface area contributed by atoms with Crippen LogP contribution in [0.3, 0.4) is 0 Å². The van der Waals surface area contributed by atoms with Crippen LogP contribution in [0.25, 0.3) is 0 Å². The van der Waals surface area contributed by atoms with Crippen molar-refractivity contribution in [1.29, 1.82) is 5.26 Å². The largest absolute Gasteiger partial charge is 0.495 e. The summed E-state index contributed by atoms with van der Waals surface area (Å²) >= 11 is 5.99. The lowest BCUT2D eigenvalue weighted by atomic mass is 10.1. The van der Waals surface area contributed by atoms with Crippen LogP contribution in [0.4, 0.5) is 0 Å². The first-order valence-corrected chi connectivity index (χ1v) is 4.53. The Kier molecular flexibility index (Phi) is 2.32. The molecule has 72 valence electrons. The van der Waals surface area contributed by atoms with Crippen molar-refractivity contribution in [3.8, 4) is 11.8 Å². The number of nitrogens with zero attached hydrogens (tertiary/aromatic N) is 1. The molecule has 0 aliphatic carbocycles. The minimum absolute atomic E-state index is 0.0733. The first kappa shape index (κ1) is 9.32. The van der Waals surface area contributed by atoms with Crippen LogP contribution in [-0.4, -0.2) is 13.7 Å². The lowest BCUT2D eigenvalue weighted by molar-refractivity contribution is 0.404. The van der Waals surface area contributed by atoms with E-state index in [-0.39, 0.29) is 6.10 Å². The van der Waals surface area contributed by atoms with E-state index < -0.39 is 0 Å². The van der Waals surface area contributed by atoms with Crippen LogP contribution >= 0.6 is 11.6 Å². The number of benzene rings is 1. The average Bonchev–Trinajstić information content (AvgIpc) is 3.01. The van der Waals surface area contributed by atoms with Gasteiger partial charge in [0.05, 0.1) is 19.3 Å². The van der Waals surface area contributed by atoms with Gasteiger partial charge in [0, 0.05) is 10.6 Å². The van der Waals surface area contributed by atoms with Gasteiger partial charge in [0.15, 0.2) is 0 Å². The Morgan fingerprint density at radius 2 is 2.36 bits per heavy atom. The van der Waals surface area contributed by atoms with Gasteiger partial charge in [-0.1, -0.05) is 11.6 Å². The van der Waals surface area contributed by atoms with E-state index in [1.54, 1.807) is 12.1 Å². The molecule has 3 nitrogen and oxygen atoms in total. The minimum Gasteiger partial charge on any atom is -0.495 e. The van der Waals surface area contributed by atoms with Crippen molar-refractivity contribution in [2.45, 2.75) is 6.10 Å². The highest BCUT2D eigenvalue weighted by atomic mass is 35.5. The molecule has 14 heavy (non-hydrogen) atoms. The Morgan fingerprint density at radius 3 is 2.86 bits per heavy atom. The molecule has 0 bridgehead atoms. The summed E-state index contributed by atoms with van der Waals surface area (Å²) in [6.07, 6.45) is 0.0733. The summed E-state index contributed by atoms with van der Waals surface area (Å²) in [7, 11) is 1.53. The number of methoxy groups -OCH3 is 1. The third-order valence-corrected chi connectivity index (χ3v) is 2.45. The number of halogens is 1. The van der Waals surface area contributed by atoms with Crippen LogP contribution in [0.5, 0.6) is 5.75 Å². The van der Waals surface area contributed by atoms with Crippen LogP contribution in [0.2, 0.25) is 5.02 Å². The van der Waals surface area contributed by atoms with Crippen LogP contribution in [0, 0.1) is 11.3 Å². The summed E-state index contributed by atoms with van der Waals surface area (Å²) in [5.74, 6) is 0.544. The maximum absolute atomic E-state index is 8.80. The molecule has 0 aromatic heterocycles. The molecule has 1 unspecified atom stereocenters. The van der Waals surface area contributed by atoms with Gasteiger partial charge in [-0.15, -0.1) is 0 Å². The highest BCUT2D eigenvalue weighted by Gasteiger charge is 2.28. The normalized spacial score (nSPS) is 18.8. The van der Waals surface area contributed by atoms with E-state index in [9.17, 15) is 0 Å². The molecule has 4 heteroatoms. The van der Waals surface area contributed by atoms with E-state index in [0.29, 0.717) is 22.9 Å². The number of hydrogen-bond acceptors (Lipinski definition) is 3. The Balaban J connectivity index is 2.49. The molecule has 0 radical (unpaired) electrons. The van der Waals surface area contributed by atoms with E-state index in [2.05, 4.69) is 0 Å². The zero-order valence-electron chi connectivity index (χ0n) is 7.58. The molecule has 1 aliphatic heterocycles. The standard InChI is InChI=1S/C10H8ClNO2/c1-13-9-3-7(10-5-14-10)8(11)2-6(9)4-12/h2-3,10H,5H2,1H3. The molecule has 1 saturated heterocycles. The molecule has 2 rings (SSSR count). The molecule has 0 saturated carbocycles. The van der Waals surface area contributed by atoms with E-state index in [0.717, 1.165) is 5.56 Å². The van der Waals surface area contributed by atoms with E-state index in [4.69, 9.17) is 26.3 Å². The smallest absolute Gasteiger partial charge is 0.137 e. The molecule has 0 spiro atoms. The van der Waals surface area contributed by atoms with Crippen molar-refractivity contribution >= 4 is 11.6 Å². The van der Waals surface area contributed by atoms with Crippen molar-refractivity contribution in [2.24, 2.45) is 0 Å². The second-order valence-corrected chi connectivity index (χ2v) is 3.41. The maximum Gasteiger partial charge on any atom is 0.137 e. The Hall–Kier alpha value is -1.24. The zero-order chi connectivity index (χ0) is 10.1. The highest BCUT2D eigenvalue weighted by Crippen LogP contribution is 2.38. The molecule has 1 heterocycles. The third-order valence-electron chi connectivity index (χ3n) is 2.12. The lowest BCUT2D eigenvalue weighted by Gasteiger charge is -2.06. The van der Waals surface area contributed by atoms with Gasteiger partial charge in [-0.3, -0.25) is 0 Å². The Morgan fingerprint density at radius 1 is 1.64 bits per heavy atom. The number of rotatable bonds is 2. The molecule has 1 fully saturated rings. The molecule has 1 atom stereocenters. The molecular formula is C10H8ClNO2. The molecule has 0 amide bonds. The van der Waals surface area contributed by atoms with Crippen molar-refractivity contribution in [2.75, 3.05) is 13.7 Å². The highest BCUT2D eigenvalue weighted by molar-refractivity contribution is 6.31. The van der Waals surface area contributed by atoms with Gasteiger partial charge in [0.1, 0.15) is 17.9 Å². The molecule has 1 aliphatic rings. The number of epoxide rings is 1. The minimum atomic E-state index is 0.0733. The van der Waals surface area contributed by atoms with Gasteiger partial charge in [0.25, 0.3) is 0 Å². The summed E-state index contributed by atoms with van der Waals surface area (Å²) in [4.78, 5) is 0. The Bertz CT molecular complexity index is 407. The second-order valence-electron chi connectivity index (χ2n) is 3.01. The summed E-state index contributed by atoms with van der Waals surface area (Å²) in [5.41, 5.74) is 1.34. The van der Waals surface area contributed by atoms with Crippen LogP contribution < -0.4 is 4.74 Å². The first-order chi connectivity index (χ1) is 6.76. The molecular weight excluding hydrogens is 202 g/mol. The summed E-state index contributed by atoms with van der Waals surface area (Å²) < 4.78 is 10.2. The van der Waals surface area contributed by atoms with Gasteiger partial charge < -0.3 is 9.47 Å². The SMILES string of the molecule is COc1cc(C2CO2)c(Cl)cc1C#N. The number of hydrogen-bond donors (Lipinski definition) is 0. The van der Waals surface area contributed by atoms with Crippen molar-refractivity contribution < 1.29 is 9.47 Å². The Labute approximate surface area is 86.8 Å². The monoisotopic (exact) mass is 209 g/mol. The molecule has 0 N–H and O–H groups in total. The zero-order valence-corrected chi connectivity index (χ0v) is 8.34. The third kappa shape index (κ3) is 1.54.